The second-order valence-corrected chi connectivity index (χ2v) is 6.04. The predicted molar refractivity (Wildman–Crippen MR) is 106 cm³/mol. The molecule has 0 radical (unpaired) electrons. The average Bonchev–Trinajstić information content (AvgIpc) is 2.62. The van der Waals surface area contributed by atoms with E-state index in [0.717, 1.165) is 29.5 Å². The summed E-state index contributed by atoms with van der Waals surface area (Å²) in [6, 6.07) is 15.9. The molecular weight excluding hydrogens is 307 g/mol. The molecule has 2 aromatic rings. The van der Waals surface area contributed by atoms with Crippen molar-refractivity contribution in [3.05, 3.63) is 101 Å². The molecule has 0 bridgehead atoms. The molecule has 2 aromatic carbocycles. The predicted octanol–water partition coefficient (Wildman–Crippen LogP) is 6.23. The van der Waals surface area contributed by atoms with Gasteiger partial charge in [-0.1, -0.05) is 66.1 Å². The minimum atomic E-state index is -0.207. The summed E-state index contributed by atoms with van der Waals surface area (Å²) in [5.41, 5.74) is 4.96. The molecule has 2 rings (SSSR count). The Labute approximate surface area is 150 Å². The Morgan fingerprint density at radius 1 is 1.08 bits per heavy atom. The summed E-state index contributed by atoms with van der Waals surface area (Å²) in [5.74, 6) is 2.30. The lowest BCUT2D eigenvalue weighted by Crippen LogP contribution is -1.89. The SMILES string of the molecule is C#C/C=C(\C=C(\F)Cc1ccc(C)cc1)c1ccc(CCC=C)cc1. The normalized spacial score (nSPS) is 11.9. The Morgan fingerprint density at radius 3 is 2.32 bits per heavy atom. The first-order valence-electron chi connectivity index (χ1n) is 8.40. The lowest BCUT2D eigenvalue weighted by molar-refractivity contribution is 0.613. The van der Waals surface area contributed by atoms with Gasteiger partial charge in [-0.25, -0.2) is 4.39 Å². The van der Waals surface area contributed by atoms with E-state index >= 15 is 0 Å². The zero-order valence-corrected chi connectivity index (χ0v) is 14.6. The molecule has 0 spiro atoms. The maximum atomic E-state index is 14.4. The molecule has 0 aliphatic carbocycles. The standard InChI is InChI=1S/C24H23F/c1-4-6-8-20-13-15-22(16-14-20)23(7-5-2)18-24(25)17-21-11-9-19(3)10-12-21/h2,4,7,9-16,18H,1,6,8,17H2,3H3/b23-7+,24-18+. The van der Waals surface area contributed by atoms with Crippen LogP contribution in [0.2, 0.25) is 0 Å². The number of aryl methyl sites for hydroxylation is 2. The number of halogens is 1. The van der Waals surface area contributed by atoms with Crippen LogP contribution in [0.25, 0.3) is 5.57 Å². The van der Waals surface area contributed by atoms with Gasteiger partial charge in [0.2, 0.25) is 0 Å². The summed E-state index contributed by atoms with van der Waals surface area (Å²) in [7, 11) is 0. The van der Waals surface area contributed by atoms with Crippen LogP contribution < -0.4 is 0 Å². The highest BCUT2D eigenvalue weighted by Gasteiger charge is 2.04. The first-order valence-corrected chi connectivity index (χ1v) is 8.40. The number of allylic oxidation sites excluding steroid dienone is 5. The van der Waals surface area contributed by atoms with Gasteiger partial charge in [0, 0.05) is 6.42 Å². The van der Waals surface area contributed by atoms with Crippen LogP contribution in [-0.4, -0.2) is 0 Å². The van der Waals surface area contributed by atoms with Gasteiger partial charge >= 0.3 is 0 Å². The Hall–Kier alpha value is -2.85. The van der Waals surface area contributed by atoms with Crippen LogP contribution >= 0.6 is 0 Å². The Balaban J connectivity index is 2.17. The van der Waals surface area contributed by atoms with E-state index in [1.54, 1.807) is 6.08 Å². The lowest BCUT2D eigenvalue weighted by atomic mass is 10.0. The summed E-state index contributed by atoms with van der Waals surface area (Å²) in [6.45, 7) is 5.75. The summed E-state index contributed by atoms with van der Waals surface area (Å²) in [6.07, 6.45) is 12.6. The van der Waals surface area contributed by atoms with Crippen molar-refractivity contribution in [3.8, 4) is 12.3 Å². The van der Waals surface area contributed by atoms with Crippen molar-refractivity contribution in [2.45, 2.75) is 26.2 Å². The Bertz CT molecular complexity index is 797. The van der Waals surface area contributed by atoms with Crippen molar-refractivity contribution in [1.82, 2.24) is 0 Å². The van der Waals surface area contributed by atoms with Gasteiger partial charge in [0.15, 0.2) is 0 Å². The molecule has 0 unspecified atom stereocenters. The van der Waals surface area contributed by atoms with Crippen LogP contribution in [0.15, 0.2) is 79.2 Å². The molecule has 0 aliphatic rings. The monoisotopic (exact) mass is 330 g/mol. The van der Waals surface area contributed by atoms with E-state index in [1.807, 2.05) is 49.4 Å². The Morgan fingerprint density at radius 2 is 1.72 bits per heavy atom. The van der Waals surface area contributed by atoms with Crippen molar-refractivity contribution in [2.75, 3.05) is 0 Å². The molecule has 0 amide bonds. The van der Waals surface area contributed by atoms with Crippen molar-refractivity contribution in [1.29, 1.82) is 0 Å². The Kier molecular flexibility index (Phi) is 6.99. The molecule has 25 heavy (non-hydrogen) atoms. The number of hydrogen-bond donors (Lipinski definition) is 0. The molecule has 0 saturated carbocycles. The van der Waals surface area contributed by atoms with Gasteiger partial charge in [0.25, 0.3) is 0 Å². The highest BCUT2D eigenvalue weighted by molar-refractivity contribution is 5.76. The van der Waals surface area contributed by atoms with Gasteiger partial charge in [-0.3, -0.25) is 0 Å². The molecule has 0 fully saturated rings. The van der Waals surface area contributed by atoms with Gasteiger partial charge < -0.3 is 0 Å². The van der Waals surface area contributed by atoms with Crippen molar-refractivity contribution in [2.24, 2.45) is 0 Å². The van der Waals surface area contributed by atoms with Crippen molar-refractivity contribution in [3.63, 3.8) is 0 Å². The second-order valence-electron chi connectivity index (χ2n) is 6.04. The zero-order chi connectivity index (χ0) is 18.1. The van der Waals surface area contributed by atoms with E-state index in [-0.39, 0.29) is 12.2 Å². The summed E-state index contributed by atoms with van der Waals surface area (Å²) >= 11 is 0. The van der Waals surface area contributed by atoms with Gasteiger partial charge in [-0.05, 0) is 54.2 Å². The molecule has 126 valence electrons. The largest absolute Gasteiger partial charge is 0.211 e. The fourth-order valence-corrected chi connectivity index (χ4v) is 2.55. The smallest absolute Gasteiger partial charge is 0.105 e. The molecule has 0 saturated heterocycles. The molecule has 0 nitrogen and oxygen atoms in total. The van der Waals surface area contributed by atoms with E-state index in [0.29, 0.717) is 5.57 Å². The molecule has 0 heterocycles. The average molecular weight is 330 g/mol. The van der Waals surface area contributed by atoms with Gasteiger partial charge in [0.1, 0.15) is 5.83 Å². The quantitative estimate of drug-likeness (QED) is 0.321. The minimum absolute atomic E-state index is 0.207. The molecular formula is C24H23F. The van der Waals surface area contributed by atoms with Gasteiger partial charge in [-0.2, -0.15) is 0 Å². The maximum absolute atomic E-state index is 14.4. The summed E-state index contributed by atoms with van der Waals surface area (Å²) in [4.78, 5) is 0. The van der Waals surface area contributed by atoms with Crippen molar-refractivity contribution < 1.29 is 4.39 Å². The maximum Gasteiger partial charge on any atom is 0.105 e. The highest BCUT2D eigenvalue weighted by Crippen LogP contribution is 2.21. The molecule has 0 aromatic heterocycles. The third kappa shape index (κ3) is 5.94. The summed E-state index contributed by atoms with van der Waals surface area (Å²) in [5, 5.41) is 0. The van der Waals surface area contributed by atoms with Crippen LogP contribution in [0.4, 0.5) is 4.39 Å². The summed E-state index contributed by atoms with van der Waals surface area (Å²) < 4.78 is 14.4. The molecule has 0 N–H and O–H groups in total. The van der Waals surface area contributed by atoms with Crippen LogP contribution in [-0.2, 0) is 12.8 Å². The van der Waals surface area contributed by atoms with E-state index in [4.69, 9.17) is 6.42 Å². The highest BCUT2D eigenvalue weighted by atomic mass is 19.1. The van der Waals surface area contributed by atoms with Gasteiger partial charge in [-0.15, -0.1) is 13.0 Å². The first kappa shape index (κ1) is 18.5. The third-order valence-corrected chi connectivity index (χ3v) is 3.97. The number of rotatable bonds is 7. The lowest BCUT2D eigenvalue weighted by Gasteiger charge is -2.06. The number of terminal acetylenes is 1. The second kappa shape index (κ2) is 9.45. The van der Waals surface area contributed by atoms with Crippen LogP contribution in [0.5, 0.6) is 0 Å². The van der Waals surface area contributed by atoms with Gasteiger partial charge in [0.05, 0.1) is 0 Å². The first-order chi connectivity index (χ1) is 12.1. The van der Waals surface area contributed by atoms with Crippen LogP contribution in [0.1, 0.15) is 28.7 Å². The van der Waals surface area contributed by atoms with E-state index in [2.05, 4.69) is 24.6 Å². The van der Waals surface area contributed by atoms with E-state index in [9.17, 15) is 4.39 Å². The molecule has 0 atom stereocenters. The fourth-order valence-electron chi connectivity index (χ4n) is 2.55. The van der Waals surface area contributed by atoms with E-state index < -0.39 is 0 Å². The van der Waals surface area contributed by atoms with Crippen LogP contribution in [0.3, 0.4) is 0 Å². The topological polar surface area (TPSA) is 0 Å². The molecule has 1 heteroatoms. The number of benzene rings is 2. The van der Waals surface area contributed by atoms with Crippen LogP contribution in [0, 0.1) is 19.3 Å². The minimum Gasteiger partial charge on any atom is -0.211 e. The fraction of sp³-hybridized carbons (Fsp3) is 0.167. The van der Waals surface area contributed by atoms with Crippen molar-refractivity contribution >= 4 is 5.57 Å². The zero-order valence-electron chi connectivity index (χ0n) is 14.6. The molecule has 0 aliphatic heterocycles. The van der Waals surface area contributed by atoms with E-state index in [1.165, 1.54) is 11.6 Å². The third-order valence-electron chi connectivity index (χ3n) is 3.97. The number of hydrogen-bond acceptors (Lipinski definition) is 0.